The first-order chi connectivity index (χ1) is 11.3. The Morgan fingerprint density at radius 2 is 2.30 bits per heavy atom. The summed E-state index contributed by atoms with van der Waals surface area (Å²) in [7, 11) is 1.69. The fourth-order valence-corrected chi connectivity index (χ4v) is 3.52. The minimum atomic E-state index is -0.0707. The van der Waals surface area contributed by atoms with Crippen molar-refractivity contribution in [1.82, 2.24) is 9.88 Å². The molecule has 4 rings (SSSR count). The first-order valence-corrected chi connectivity index (χ1v) is 8.01. The molecule has 1 aromatic heterocycles. The SMILES string of the molecule is COc1ccc2[nH]cc(C3=CCN(C4CCOC4=O)CC3)c2c1. The Labute approximate surface area is 134 Å². The highest BCUT2D eigenvalue weighted by atomic mass is 16.5. The molecule has 23 heavy (non-hydrogen) atoms. The molecule has 1 fully saturated rings. The summed E-state index contributed by atoms with van der Waals surface area (Å²) in [5, 5.41) is 1.18. The van der Waals surface area contributed by atoms with E-state index in [1.54, 1.807) is 7.11 Å². The number of hydrogen-bond donors (Lipinski definition) is 1. The summed E-state index contributed by atoms with van der Waals surface area (Å²) < 4.78 is 10.4. The van der Waals surface area contributed by atoms with Crippen molar-refractivity contribution in [2.45, 2.75) is 18.9 Å². The fourth-order valence-electron chi connectivity index (χ4n) is 3.52. The predicted molar refractivity (Wildman–Crippen MR) is 88.4 cm³/mol. The van der Waals surface area contributed by atoms with Gasteiger partial charge >= 0.3 is 5.97 Å². The highest BCUT2D eigenvalue weighted by molar-refractivity contribution is 5.93. The van der Waals surface area contributed by atoms with Gasteiger partial charge in [0.1, 0.15) is 11.8 Å². The molecule has 0 spiro atoms. The van der Waals surface area contributed by atoms with Crippen molar-refractivity contribution >= 4 is 22.4 Å². The van der Waals surface area contributed by atoms with Crippen LogP contribution >= 0.6 is 0 Å². The molecule has 0 bridgehead atoms. The molecule has 3 heterocycles. The van der Waals surface area contributed by atoms with Crippen molar-refractivity contribution in [3.8, 4) is 5.75 Å². The van der Waals surface area contributed by atoms with E-state index < -0.39 is 0 Å². The minimum absolute atomic E-state index is 0.0594. The number of carbonyl (C=O) groups excluding carboxylic acids is 1. The van der Waals surface area contributed by atoms with Crippen LogP contribution in [-0.2, 0) is 9.53 Å². The molecule has 1 N–H and O–H groups in total. The van der Waals surface area contributed by atoms with Crippen molar-refractivity contribution in [3.63, 3.8) is 0 Å². The number of ether oxygens (including phenoxy) is 2. The molecule has 2 aromatic rings. The molecular weight excluding hydrogens is 292 g/mol. The van der Waals surface area contributed by atoms with E-state index in [-0.39, 0.29) is 12.0 Å². The Balaban J connectivity index is 1.59. The van der Waals surface area contributed by atoms with Gasteiger partial charge in [-0.05, 0) is 30.2 Å². The van der Waals surface area contributed by atoms with Crippen LogP contribution in [0, 0.1) is 0 Å². The first-order valence-electron chi connectivity index (χ1n) is 8.01. The number of carbonyl (C=O) groups is 1. The van der Waals surface area contributed by atoms with E-state index in [1.807, 2.05) is 12.1 Å². The summed E-state index contributed by atoms with van der Waals surface area (Å²) in [6.45, 7) is 2.24. The molecule has 1 atom stereocenters. The monoisotopic (exact) mass is 312 g/mol. The van der Waals surface area contributed by atoms with Crippen LogP contribution in [0.15, 0.2) is 30.5 Å². The summed E-state index contributed by atoms with van der Waals surface area (Å²) in [6.07, 6.45) is 6.05. The van der Waals surface area contributed by atoms with Crippen LogP contribution in [0.4, 0.5) is 0 Å². The lowest BCUT2D eigenvalue weighted by Gasteiger charge is -2.29. The van der Waals surface area contributed by atoms with Gasteiger partial charge in [-0.25, -0.2) is 0 Å². The summed E-state index contributed by atoms with van der Waals surface area (Å²) in [6, 6.07) is 6.02. The van der Waals surface area contributed by atoms with E-state index in [0.717, 1.165) is 37.2 Å². The van der Waals surface area contributed by atoms with E-state index >= 15 is 0 Å². The molecule has 1 saturated heterocycles. The fraction of sp³-hybridized carbons (Fsp3) is 0.389. The smallest absolute Gasteiger partial charge is 0.323 e. The summed E-state index contributed by atoms with van der Waals surface area (Å²) in [5.41, 5.74) is 3.67. The summed E-state index contributed by atoms with van der Waals surface area (Å²) in [5.74, 6) is 0.795. The predicted octanol–water partition coefficient (Wildman–Crippen LogP) is 2.58. The second-order valence-electron chi connectivity index (χ2n) is 6.06. The minimum Gasteiger partial charge on any atom is -0.497 e. The maximum atomic E-state index is 11.7. The number of fused-ring (bicyclic) bond motifs is 1. The Hall–Kier alpha value is -2.27. The molecule has 0 aliphatic carbocycles. The van der Waals surface area contributed by atoms with Crippen molar-refractivity contribution in [2.75, 3.05) is 26.8 Å². The van der Waals surface area contributed by atoms with E-state index in [9.17, 15) is 4.79 Å². The van der Waals surface area contributed by atoms with Crippen molar-refractivity contribution in [2.24, 2.45) is 0 Å². The molecule has 1 unspecified atom stereocenters. The molecule has 1 aromatic carbocycles. The number of aromatic amines is 1. The second kappa shape index (κ2) is 5.74. The van der Waals surface area contributed by atoms with Crippen LogP contribution in [0.2, 0.25) is 0 Å². The number of esters is 1. The zero-order valence-corrected chi connectivity index (χ0v) is 13.2. The van der Waals surface area contributed by atoms with Crippen LogP contribution in [-0.4, -0.2) is 48.7 Å². The van der Waals surface area contributed by atoms with Gasteiger partial charge in [0.15, 0.2) is 0 Å². The van der Waals surface area contributed by atoms with Gasteiger partial charge in [-0.15, -0.1) is 0 Å². The van der Waals surface area contributed by atoms with Gasteiger partial charge in [0.25, 0.3) is 0 Å². The molecule has 2 aliphatic heterocycles. The number of nitrogens with one attached hydrogen (secondary N) is 1. The van der Waals surface area contributed by atoms with Crippen LogP contribution in [0.1, 0.15) is 18.4 Å². The molecule has 5 nitrogen and oxygen atoms in total. The van der Waals surface area contributed by atoms with Crippen molar-refractivity contribution in [1.29, 1.82) is 0 Å². The lowest BCUT2D eigenvalue weighted by Crippen LogP contribution is -2.41. The van der Waals surface area contributed by atoms with Crippen LogP contribution in [0.5, 0.6) is 5.75 Å². The van der Waals surface area contributed by atoms with E-state index in [1.165, 1.54) is 16.5 Å². The molecular formula is C18H20N2O3. The standard InChI is InChI=1S/C18H20N2O3/c1-22-13-2-3-16-14(10-13)15(11-19-16)12-4-7-20(8-5-12)17-6-9-23-18(17)21/h2-4,10-11,17,19H,5-9H2,1H3. The van der Waals surface area contributed by atoms with E-state index in [2.05, 4.69) is 28.2 Å². The van der Waals surface area contributed by atoms with Gasteiger partial charge in [-0.2, -0.15) is 0 Å². The highest BCUT2D eigenvalue weighted by Crippen LogP contribution is 2.32. The Bertz CT molecular complexity index is 778. The van der Waals surface area contributed by atoms with Crippen molar-refractivity contribution < 1.29 is 14.3 Å². The maximum Gasteiger partial charge on any atom is 0.323 e. The highest BCUT2D eigenvalue weighted by Gasteiger charge is 2.33. The molecule has 2 aliphatic rings. The van der Waals surface area contributed by atoms with E-state index in [0.29, 0.717) is 6.61 Å². The number of rotatable bonds is 3. The lowest BCUT2D eigenvalue weighted by atomic mass is 9.98. The van der Waals surface area contributed by atoms with E-state index in [4.69, 9.17) is 9.47 Å². The number of methoxy groups -OCH3 is 1. The second-order valence-corrected chi connectivity index (χ2v) is 6.06. The molecule has 5 heteroatoms. The molecule has 120 valence electrons. The number of cyclic esters (lactones) is 1. The zero-order valence-electron chi connectivity index (χ0n) is 13.2. The largest absolute Gasteiger partial charge is 0.497 e. The molecule has 0 saturated carbocycles. The third-order valence-electron chi connectivity index (χ3n) is 4.82. The third kappa shape index (κ3) is 2.51. The number of benzene rings is 1. The number of hydrogen-bond acceptors (Lipinski definition) is 4. The van der Waals surface area contributed by atoms with Gasteiger partial charge in [0.05, 0.1) is 13.7 Å². The number of aromatic nitrogens is 1. The average molecular weight is 312 g/mol. The van der Waals surface area contributed by atoms with Crippen LogP contribution in [0.25, 0.3) is 16.5 Å². The van der Waals surface area contributed by atoms with Gasteiger partial charge < -0.3 is 14.5 Å². The lowest BCUT2D eigenvalue weighted by molar-refractivity contribution is -0.142. The quantitative estimate of drug-likeness (QED) is 0.885. The van der Waals surface area contributed by atoms with Crippen molar-refractivity contribution in [3.05, 3.63) is 36.0 Å². The van der Waals surface area contributed by atoms with Gasteiger partial charge in [-0.3, -0.25) is 9.69 Å². The topological polar surface area (TPSA) is 54.6 Å². The Morgan fingerprint density at radius 1 is 1.39 bits per heavy atom. The number of H-pyrrole nitrogens is 1. The molecule has 0 radical (unpaired) electrons. The zero-order chi connectivity index (χ0) is 15.8. The van der Waals surface area contributed by atoms with Gasteiger partial charge in [0, 0.05) is 42.2 Å². The maximum absolute atomic E-state index is 11.7. The summed E-state index contributed by atoms with van der Waals surface area (Å²) >= 11 is 0. The molecule has 0 amide bonds. The van der Waals surface area contributed by atoms with Gasteiger partial charge in [-0.1, -0.05) is 6.08 Å². The average Bonchev–Trinajstić information content (AvgIpc) is 3.20. The normalized spacial score (nSPS) is 22.2. The van der Waals surface area contributed by atoms with Gasteiger partial charge in [0.2, 0.25) is 0 Å². The summed E-state index contributed by atoms with van der Waals surface area (Å²) in [4.78, 5) is 17.3. The Kier molecular flexibility index (Phi) is 3.58. The number of nitrogens with zero attached hydrogens (tertiary/aromatic N) is 1. The van der Waals surface area contributed by atoms with Crippen LogP contribution in [0.3, 0.4) is 0 Å². The first kappa shape index (κ1) is 14.3. The third-order valence-corrected chi connectivity index (χ3v) is 4.82. The Morgan fingerprint density at radius 3 is 3.00 bits per heavy atom. The van der Waals surface area contributed by atoms with Crippen LogP contribution < -0.4 is 4.74 Å².